The number of amides is 1. The van der Waals surface area contributed by atoms with E-state index in [-0.39, 0.29) is 0 Å². The van der Waals surface area contributed by atoms with Crippen molar-refractivity contribution in [2.75, 3.05) is 0 Å². The second-order valence-corrected chi connectivity index (χ2v) is 3.54. The topological polar surface area (TPSA) is 84.2 Å². The summed E-state index contributed by atoms with van der Waals surface area (Å²) in [6.45, 7) is 1.87. The Morgan fingerprint density at radius 1 is 1.62 bits per heavy atom. The molecule has 0 aliphatic heterocycles. The molecule has 1 rings (SSSR count). The fourth-order valence-electron chi connectivity index (χ4n) is 1.35. The molecule has 88 valence electrons. The van der Waals surface area contributed by atoms with Gasteiger partial charge in [0.2, 0.25) is 0 Å². The predicted octanol–water partition coefficient (Wildman–Crippen LogP) is 0.403. The quantitative estimate of drug-likeness (QED) is 0.759. The van der Waals surface area contributed by atoms with Crippen molar-refractivity contribution < 1.29 is 14.7 Å². The number of carboxylic acid groups (broad SMARTS) is 1. The molecule has 1 amide bonds. The van der Waals surface area contributed by atoms with Gasteiger partial charge in [-0.25, -0.2) is 9.78 Å². The SMILES string of the molecule is CCC[C@H](NC(=O)c1cncn1C)C(=O)O. The second-order valence-electron chi connectivity index (χ2n) is 3.54. The van der Waals surface area contributed by atoms with Crippen molar-refractivity contribution in [3.63, 3.8) is 0 Å². The monoisotopic (exact) mass is 225 g/mol. The fourth-order valence-corrected chi connectivity index (χ4v) is 1.35. The lowest BCUT2D eigenvalue weighted by atomic mass is 10.1. The highest BCUT2D eigenvalue weighted by atomic mass is 16.4. The van der Waals surface area contributed by atoms with Crippen molar-refractivity contribution in [2.24, 2.45) is 7.05 Å². The second kappa shape index (κ2) is 5.29. The fraction of sp³-hybridized carbons (Fsp3) is 0.500. The molecule has 0 saturated heterocycles. The van der Waals surface area contributed by atoms with Crippen molar-refractivity contribution in [1.82, 2.24) is 14.9 Å². The van der Waals surface area contributed by atoms with E-state index in [1.807, 2.05) is 6.92 Å². The van der Waals surface area contributed by atoms with Crippen LogP contribution in [0.3, 0.4) is 0 Å². The molecule has 0 aliphatic rings. The third-order valence-corrected chi connectivity index (χ3v) is 2.23. The summed E-state index contributed by atoms with van der Waals surface area (Å²) in [5.74, 6) is -1.43. The van der Waals surface area contributed by atoms with E-state index in [0.29, 0.717) is 18.5 Å². The molecule has 0 bridgehead atoms. The summed E-state index contributed by atoms with van der Waals surface area (Å²) < 4.78 is 1.54. The van der Waals surface area contributed by atoms with Gasteiger partial charge >= 0.3 is 5.97 Å². The lowest BCUT2D eigenvalue weighted by molar-refractivity contribution is -0.139. The Labute approximate surface area is 93.3 Å². The van der Waals surface area contributed by atoms with Crippen LogP contribution < -0.4 is 5.32 Å². The van der Waals surface area contributed by atoms with Gasteiger partial charge in [0.15, 0.2) is 0 Å². The first kappa shape index (κ1) is 12.2. The Morgan fingerprint density at radius 2 is 2.31 bits per heavy atom. The number of hydrogen-bond donors (Lipinski definition) is 2. The third kappa shape index (κ3) is 2.82. The number of carbonyl (C=O) groups is 2. The van der Waals surface area contributed by atoms with Crippen LogP contribution in [0.1, 0.15) is 30.3 Å². The Kier molecular flexibility index (Phi) is 4.04. The molecule has 0 unspecified atom stereocenters. The zero-order valence-corrected chi connectivity index (χ0v) is 9.30. The highest BCUT2D eigenvalue weighted by molar-refractivity contribution is 5.94. The maximum absolute atomic E-state index is 11.7. The van der Waals surface area contributed by atoms with Crippen LogP contribution in [0.5, 0.6) is 0 Å². The minimum absolute atomic E-state index is 0.349. The molecule has 0 spiro atoms. The largest absolute Gasteiger partial charge is 0.480 e. The van der Waals surface area contributed by atoms with Crippen LogP contribution in [0.4, 0.5) is 0 Å². The maximum atomic E-state index is 11.7. The number of hydrogen-bond acceptors (Lipinski definition) is 3. The molecule has 6 heteroatoms. The number of carbonyl (C=O) groups excluding carboxylic acids is 1. The lowest BCUT2D eigenvalue weighted by Crippen LogP contribution is -2.41. The zero-order chi connectivity index (χ0) is 12.1. The van der Waals surface area contributed by atoms with Crippen LogP contribution in [0.15, 0.2) is 12.5 Å². The van der Waals surface area contributed by atoms with Crippen LogP contribution >= 0.6 is 0 Å². The van der Waals surface area contributed by atoms with Crippen LogP contribution in [0, 0.1) is 0 Å². The number of aliphatic carboxylic acids is 1. The molecule has 6 nitrogen and oxygen atoms in total. The third-order valence-electron chi connectivity index (χ3n) is 2.23. The molecule has 1 aromatic heterocycles. The number of nitrogens with one attached hydrogen (secondary N) is 1. The molecule has 0 saturated carbocycles. The molecule has 2 N–H and O–H groups in total. The molecule has 0 fully saturated rings. The van der Waals surface area contributed by atoms with Gasteiger partial charge in [0.05, 0.1) is 12.5 Å². The van der Waals surface area contributed by atoms with E-state index in [9.17, 15) is 9.59 Å². The van der Waals surface area contributed by atoms with Crippen molar-refractivity contribution >= 4 is 11.9 Å². The predicted molar refractivity (Wildman–Crippen MR) is 57.0 cm³/mol. The average molecular weight is 225 g/mol. The van der Waals surface area contributed by atoms with Crippen molar-refractivity contribution in [2.45, 2.75) is 25.8 Å². The molecule has 0 aromatic carbocycles. The summed E-state index contributed by atoms with van der Waals surface area (Å²) in [5, 5.41) is 11.3. The summed E-state index contributed by atoms with van der Waals surface area (Å²) in [6.07, 6.45) is 4.01. The van der Waals surface area contributed by atoms with Crippen molar-refractivity contribution in [3.05, 3.63) is 18.2 Å². The Balaban J connectivity index is 2.69. The zero-order valence-electron chi connectivity index (χ0n) is 9.30. The molecule has 0 aliphatic carbocycles. The maximum Gasteiger partial charge on any atom is 0.326 e. The van der Waals surface area contributed by atoms with E-state index in [2.05, 4.69) is 10.3 Å². The molecule has 16 heavy (non-hydrogen) atoms. The smallest absolute Gasteiger partial charge is 0.326 e. The minimum atomic E-state index is -1.02. The van der Waals surface area contributed by atoms with E-state index < -0.39 is 17.9 Å². The summed E-state index contributed by atoms with van der Waals surface area (Å²) in [5.41, 5.74) is 0.349. The normalized spacial score (nSPS) is 12.1. The highest BCUT2D eigenvalue weighted by Gasteiger charge is 2.20. The summed E-state index contributed by atoms with van der Waals surface area (Å²) in [6, 6.07) is -0.840. The molecule has 1 atom stereocenters. The first-order chi connectivity index (χ1) is 7.56. The number of rotatable bonds is 5. The van der Waals surface area contributed by atoms with Gasteiger partial charge in [-0.05, 0) is 6.42 Å². The standard InChI is InChI=1S/C10H15N3O3/c1-3-4-7(10(15)16)12-9(14)8-5-11-6-13(8)2/h5-7H,3-4H2,1-2H3,(H,12,14)(H,15,16)/t7-/m0/s1. The van der Waals surface area contributed by atoms with Crippen LogP contribution in [-0.4, -0.2) is 32.6 Å². The Morgan fingerprint density at radius 3 is 2.75 bits per heavy atom. The highest BCUT2D eigenvalue weighted by Crippen LogP contribution is 2.01. The molecule has 0 radical (unpaired) electrons. The lowest BCUT2D eigenvalue weighted by Gasteiger charge is -2.13. The minimum Gasteiger partial charge on any atom is -0.480 e. The molecule has 1 heterocycles. The molecule has 1 aromatic rings. The van der Waals surface area contributed by atoms with Crippen LogP contribution in [0.2, 0.25) is 0 Å². The number of imidazole rings is 1. The van der Waals surface area contributed by atoms with E-state index in [0.717, 1.165) is 0 Å². The van der Waals surface area contributed by atoms with Gasteiger partial charge in [0.25, 0.3) is 5.91 Å². The first-order valence-corrected chi connectivity index (χ1v) is 5.06. The Bertz CT molecular complexity index is 386. The first-order valence-electron chi connectivity index (χ1n) is 5.06. The van der Waals surface area contributed by atoms with Gasteiger partial charge in [-0.3, -0.25) is 4.79 Å². The van der Waals surface area contributed by atoms with E-state index in [1.54, 1.807) is 11.6 Å². The summed E-state index contributed by atoms with van der Waals surface area (Å²) in [4.78, 5) is 26.3. The summed E-state index contributed by atoms with van der Waals surface area (Å²) >= 11 is 0. The molecular formula is C10H15N3O3. The van der Waals surface area contributed by atoms with E-state index >= 15 is 0 Å². The van der Waals surface area contributed by atoms with Gasteiger partial charge < -0.3 is 15.0 Å². The van der Waals surface area contributed by atoms with E-state index in [1.165, 1.54) is 12.5 Å². The number of aryl methyl sites for hydroxylation is 1. The van der Waals surface area contributed by atoms with Crippen LogP contribution in [0.25, 0.3) is 0 Å². The number of nitrogens with zero attached hydrogens (tertiary/aromatic N) is 2. The van der Waals surface area contributed by atoms with Crippen molar-refractivity contribution in [3.8, 4) is 0 Å². The molecular weight excluding hydrogens is 210 g/mol. The van der Waals surface area contributed by atoms with Crippen LogP contribution in [-0.2, 0) is 11.8 Å². The Hall–Kier alpha value is -1.85. The number of aromatic nitrogens is 2. The van der Waals surface area contributed by atoms with E-state index in [4.69, 9.17) is 5.11 Å². The van der Waals surface area contributed by atoms with Gasteiger partial charge in [-0.2, -0.15) is 0 Å². The summed E-state index contributed by atoms with van der Waals surface area (Å²) in [7, 11) is 1.68. The number of carboxylic acids is 1. The van der Waals surface area contributed by atoms with Crippen molar-refractivity contribution in [1.29, 1.82) is 0 Å². The van der Waals surface area contributed by atoms with Gasteiger partial charge in [-0.1, -0.05) is 13.3 Å². The van der Waals surface area contributed by atoms with Gasteiger partial charge in [0.1, 0.15) is 11.7 Å². The van der Waals surface area contributed by atoms with Gasteiger partial charge in [0, 0.05) is 7.05 Å². The average Bonchev–Trinajstić information content (AvgIpc) is 2.63. The van der Waals surface area contributed by atoms with Gasteiger partial charge in [-0.15, -0.1) is 0 Å².